The lowest BCUT2D eigenvalue weighted by atomic mass is 9.70. The van der Waals surface area contributed by atoms with Crippen molar-refractivity contribution >= 4 is 15.8 Å². The second-order valence-electron chi connectivity index (χ2n) is 9.42. The standard InChI is InChI=1S/C27H21F7O5S/c28-21-10-12-22(13-11-21)40(37,38)24(14-18(15-24)23(35)36)19-6-8-20(9-7-19)25(26(29,30)31,27(32,33)34)39-16-17-4-2-1-3-5-17/h1-13,18H,14-16H2,(H,35,36). The number of carboxylic acids is 1. The number of sulfone groups is 1. The third-order valence-corrected chi connectivity index (χ3v) is 9.54. The molecule has 0 spiro atoms. The zero-order valence-electron chi connectivity index (χ0n) is 20.3. The summed E-state index contributed by atoms with van der Waals surface area (Å²) >= 11 is 0. The highest BCUT2D eigenvalue weighted by molar-refractivity contribution is 7.92. The summed E-state index contributed by atoms with van der Waals surface area (Å²) < 4.78 is 129. The lowest BCUT2D eigenvalue weighted by Gasteiger charge is -2.45. The average Bonchev–Trinajstić information content (AvgIpc) is 2.83. The quantitative estimate of drug-likeness (QED) is 0.239. The lowest BCUT2D eigenvalue weighted by molar-refractivity contribution is -0.392. The van der Waals surface area contributed by atoms with Crippen molar-refractivity contribution in [1.82, 2.24) is 0 Å². The monoisotopic (exact) mass is 590 g/mol. The van der Waals surface area contributed by atoms with E-state index in [1.54, 1.807) is 0 Å². The number of alkyl halides is 6. The van der Waals surface area contributed by atoms with Gasteiger partial charge in [-0.25, -0.2) is 12.8 Å². The molecule has 1 aliphatic rings. The third-order valence-electron chi connectivity index (χ3n) is 7.05. The van der Waals surface area contributed by atoms with Gasteiger partial charge in [-0.1, -0.05) is 54.6 Å². The molecule has 13 heteroatoms. The molecule has 3 aromatic carbocycles. The molecule has 0 atom stereocenters. The molecule has 1 aliphatic carbocycles. The van der Waals surface area contributed by atoms with E-state index in [1.807, 2.05) is 0 Å². The second kappa shape index (κ2) is 10.2. The number of hydrogen-bond donors (Lipinski definition) is 1. The topological polar surface area (TPSA) is 80.7 Å². The van der Waals surface area contributed by atoms with Gasteiger partial charge in [0.1, 0.15) is 10.6 Å². The van der Waals surface area contributed by atoms with Gasteiger partial charge < -0.3 is 9.84 Å². The van der Waals surface area contributed by atoms with E-state index >= 15 is 0 Å². The molecule has 40 heavy (non-hydrogen) atoms. The van der Waals surface area contributed by atoms with Gasteiger partial charge in [0.15, 0.2) is 9.84 Å². The number of benzene rings is 3. The van der Waals surface area contributed by atoms with Crippen molar-refractivity contribution in [3.8, 4) is 0 Å². The normalized spacial score (nSPS) is 20.1. The van der Waals surface area contributed by atoms with E-state index in [0.717, 1.165) is 36.4 Å². The van der Waals surface area contributed by atoms with Gasteiger partial charge in [-0.2, -0.15) is 26.3 Å². The van der Waals surface area contributed by atoms with Crippen LogP contribution in [0.2, 0.25) is 0 Å². The highest BCUT2D eigenvalue weighted by Crippen LogP contribution is 2.56. The third kappa shape index (κ3) is 4.85. The van der Waals surface area contributed by atoms with Crippen molar-refractivity contribution in [3.05, 3.63) is 101 Å². The van der Waals surface area contributed by atoms with Crippen LogP contribution < -0.4 is 0 Å². The number of rotatable bonds is 8. The Kier molecular flexibility index (Phi) is 7.52. The first-order chi connectivity index (χ1) is 18.5. The van der Waals surface area contributed by atoms with E-state index in [9.17, 15) is 49.1 Å². The zero-order chi connectivity index (χ0) is 29.6. The largest absolute Gasteiger partial charge is 0.481 e. The van der Waals surface area contributed by atoms with Crippen molar-refractivity contribution in [2.75, 3.05) is 0 Å². The maximum atomic E-state index is 14.2. The Balaban J connectivity index is 1.81. The maximum absolute atomic E-state index is 14.2. The van der Waals surface area contributed by atoms with E-state index < -0.39 is 75.3 Å². The molecule has 1 N–H and O–H groups in total. The van der Waals surface area contributed by atoms with Crippen LogP contribution in [0.1, 0.15) is 29.5 Å². The summed E-state index contributed by atoms with van der Waals surface area (Å²) in [6.07, 6.45) is -12.9. The minimum atomic E-state index is -5.97. The fraction of sp³-hybridized carbons (Fsp3) is 0.296. The summed E-state index contributed by atoms with van der Waals surface area (Å²) in [6.45, 7) is -1.04. The second-order valence-corrected chi connectivity index (χ2v) is 11.7. The van der Waals surface area contributed by atoms with E-state index in [-0.39, 0.29) is 16.0 Å². The molecule has 4 rings (SSSR count). The summed E-state index contributed by atoms with van der Waals surface area (Å²) in [6, 6.07) is 13.1. The molecule has 1 saturated carbocycles. The first-order valence-corrected chi connectivity index (χ1v) is 13.2. The molecule has 1 fully saturated rings. The Morgan fingerprint density at radius 2 is 1.38 bits per heavy atom. The first-order valence-electron chi connectivity index (χ1n) is 11.7. The fourth-order valence-electron chi connectivity index (χ4n) is 4.87. The van der Waals surface area contributed by atoms with Crippen LogP contribution in [-0.4, -0.2) is 31.8 Å². The van der Waals surface area contributed by atoms with E-state index in [0.29, 0.717) is 12.1 Å². The average molecular weight is 591 g/mol. The minimum Gasteiger partial charge on any atom is -0.481 e. The molecular weight excluding hydrogens is 569 g/mol. The molecule has 0 unspecified atom stereocenters. The molecule has 214 valence electrons. The summed E-state index contributed by atoms with van der Waals surface area (Å²) in [5.74, 6) is -3.20. The van der Waals surface area contributed by atoms with Crippen LogP contribution in [0.25, 0.3) is 0 Å². The SMILES string of the molecule is O=C(O)C1CC(c2ccc(C(OCc3ccccc3)(C(F)(F)F)C(F)(F)F)cc2)(S(=O)(=O)c2ccc(F)cc2)C1. The van der Waals surface area contributed by atoms with Gasteiger partial charge in [0.2, 0.25) is 0 Å². The predicted octanol–water partition coefficient (Wildman–Crippen LogP) is 6.53. The van der Waals surface area contributed by atoms with E-state index in [1.165, 1.54) is 30.3 Å². The Labute approximate surface area is 224 Å². The molecule has 0 aromatic heterocycles. The zero-order valence-corrected chi connectivity index (χ0v) is 21.2. The number of carboxylic acid groups (broad SMARTS) is 1. The Morgan fingerprint density at radius 1 is 0.850 bits per heavy atom. The smallest absolute Gasteiger partial charge is 0.430 e. The Morgan fingerprint density at radius 3 is 1.85 bits per heavy atom. The van der Waals surface area contributed by atoms with Crippen molar-refractivity contribution in [2.45, 2.75) is 47.0 Å². The van der Waals surface area contributed by atoms with Crippen LogP contribution in [0.5, 0.6) is 0 Å². The van der Waals surface area contributed by atoms with Gasteiger partial charge in [0.25, 0.3) is 5.60 Å². The number of aliphatic carboxylic acids is 1. The highest BCUT2D eigenvalue weighted by atomic mass is 32.2. The number of ether oxygens (including phenoxy) is 1. The van der Waals surface area contributed by atoms with Gasteiger partial charge in [-0.15, -0.1) is 0 Å². The van der Waals surface area contributed by atoms with Crippen LogP contribution in [-0.2, 0) is 36.3 Å². The number of carbonyl (C=O) groups is 1. The molecule has 0 aliphatic heterocycles. The molecule has 0 heterocycles. The van der Waals surface area contributed by atoms with Crippen LogP contribution in [0.3, 0.4) is 0 Å². The molecule has 0 saturated heterocycles. The highest BCUT2D eigenvalue weighted by Gasteiger charge is 2.73. The van der Waals surface area contributed by atoms with Crippen LogP contribution in [0.4, 0.5) is 30.7 Å². The van der Waals surface area contributed by atoms with Crippen LogP contribution >= 0.6 is 0 Å². The predicted molar refractivity (Wildman–Crippen MR) is 127 cm³/mol. The van der Waals surface area contributed by atoms with Crippen molar-refractivity contribution in [2.24, 2.45) is 5.92 Å². The minimum absolute atomic E-state index is 0.0514. The maximum Gasteiger partial charge on any atom is 0.430 e. The van der Waals surface area contributed by atoms with Crippen molar-refractivity contribution < 1.29 is 53.8 Å². The molecule has 0 radical (unpaired) electrons. The molecule has 0 amide bonds. The van der Waals surface area contributed by atoms with Gasteiger partial charge in [0.05, 0.1) is 17.4 Å². The van der Waals surface area contributed by atoms with Crippen molar-refractivity contribution in [3.63, 3.8) is 0 Å². The van der Waals surface area contributed by atoms with Crippen LogP contribution in [0.15, 0.2) is 83.8 Å². The summed E-state index contributed by atoms with van der Waals surface area (Å²) in [7, 11) is -4.46. The lowest BCUT2D eigenvalue weighted by Crippen LogP contribution is -2.56. The summed E-state index contributed by atoms with van der Waals surface area (Å²) in [4.78, 5) is 11.1. The van der Waals surface area contributed by atoms with Gasteiger partial charge in [-0.05, 0) is 48.2 Å². The summed E-state index contributed by atoms with van der Waals surface area (Å²) in [5.41, 5.74) is -6.24. The summed E-state index contributed by atoms with van der Waals surface area (Å²) in [5, 5.41) is 9.36. The Hall–Kier alpha value is -3.45. The number of hydrogen-bond acceptors (Lipinski definition) is 4. The van der Waals surface area contributed by atoms with E-state index in [4.69, 9.17) is 0 Å². The molecular formula is C27H21F7O5S. The molecule has 0 bridgehead atoms. The van der Waals surface area contributed by atoms with Gasteiger partial charge in [-0.3, -0.25) is 4.79 Å². The molecule has 3 aromatic rings. The Bertz CT molecular complexity index is 1450. The van der Waals surface area contributed by atoms with Gasteiger partial charge >= 0.3 is 18.3 Å². The van der Waals surface area contributed by atoms with Crippen LogP contribution in [0, 0.1) is 11.7 Å². The molecule has 5 nitrogen and oxygen atoms in total. The fourth-order valence-corrected chi connectivity index (χ4v) is 7.10. The van der Waals surface area contributed by atoms with Gasteiger partial charge in [0, 0.05) is 5.56 Å². The number of halogens is 7. The van der Waals surface area contributed by atoms with E-state index in [2.05, 4.69) is 4.74 Å². The first kappa shape index (κ1) is 29.5. The van der Waals surface area contributed by atoms with Crippen molar-refractivity contribution in [1.29, 1.82) is 0 Å².